The van der Waals surface area contributed by atoms with Crippen molar-refractivity contribution in [2.24, 2.45) is 0 Å². The lowest BCUT2D eigenvalue weighted by atomic mass is 10.3. The number of nitrogens with one attached hydrogen (secondary N) is 2. The molecule has 0 aliphatic rings. The van der Waals surface area contributed by atoms with Crippen LogP contribution in [0.25, 0.3) is 0 Å². The van der Waals surface area contributed by atoms with Gasteiger partial charge in [0, 0.05) is 18.8 Å². The Kier molecular flexibility index (Phi) is 4.61. The fourth-order valence-electron chi connectivity index (χ4n) is 1.76. The van der Waals surface area contributed by atoms with Crippen LogP contribution in [0.15, 0.2) is 48.5 Å². The maximum atomic E-state index is 12.7. The lowest BCUT2D eigenvalue weighted by molar-refractivity contribution is 0.416. The second-order valence-corrected chi connectivity index (χ2v) is 4.06. The molecule has 19 heavy (non-hydrogen) atoms. The Hall–Kier alpha value is -2.23. The smallest absolute Gasteiger partial charge is 0.141 e. The summed E-state index contributed by atoms with van der Waals surface area (Å²) in [6, 6.07) is 14.1. The highest BCUT2D eigenvalue weighted by Crippen LogP contribution is 2.22. The van der Waals surface area contributed by atoms with Crippen molar-refractivity contribution in [3.8, 4) is 5.75 Å². The van der Waals surface area contributed by atoms with Crippen molar-refractivity contribution in [1.82, 2.24) is 0 Å². The largest absolute Gasteiger partial charge is 0.495 e. The van der Waals surface area contributed by atoms with Crippen molar-refractivity contribution in [2.45, 2.75) is 0 Å². The van der Waals surface area contributed by atoms with E-state index in [4.69, 9.17) is 4.74 Å². The van der Waals surface area contributed by atoms with Gasteiger partial charge in [0.1, 0.15) is 11.6 Å². The van der Waals surface area contributed by atoms with Gasteiger partial charge in [0.15, 0.2) is 0 Å². The Labute approximate surface area is 112 Å². The number of halogens is 1. The van der Waals surface area contributed by atoms with Crippen LogP contribution in [0, 0.1) is 5.82 Å². The van der Waals surface area contributed by atoms with E-state index < -0.39 is 0 Å². The van der Waals surface area contributed by atoms with Gasteiger partial charge in [-0.1, -0.05) is 12.1 Å². The van der Waals surface area contributed by atoms with Crippen molar-refractivity contribution in [3.63, 3.8) is 0 Å². The first kappa shape index (κ1) is 13.2. The minimum absolute atomic E-state index is 0.224. The lowest BCUT2D eigenvalue weighted by Crippen LogP contribution is -2.14. The van der Waals surface area contributed by atoms with Crippen molar-refractivity contribution in [3.05, 3.63) is 54.3 Å². The summed E-state index contributed by atoms with van der Waals surface area (Å²) in [7, 11) is 1.65. The second-order valence-electron chi connectivity index (χ2n) is 4.06. The second kappa shape index (κ2) is 6.64. The zero-order chi connectivity index (χ0) is 13.5. The van der Waals surface area contributed by atoms with E-state index >= 15 is 0 Å². The minimum Gasteiger partial charge on any atom is -0.495 e. The fraction of sp³-hybridized carbons (Fsp3) is 0.200. The number of benzene rings is 2. The van der Waals surface area contributed by atoms with Gasteiger partial charge in [-0.3, -0.25) is 0 Å². The summed E-state index contributed by atoms with van der Waals surface area (Å²) < 4.78 is 18.0. The number of ether oxygens (including phenoxy) is 1. The molecule has 2 rings (SSSR count). The molecule has 2 aromatic carbocycles. The fourth-order valence-corrected chi connectivity index (χ4v) is 1.76. The molecule has 0 fully saturated rings. The summed E-state index contributed by atoms with van der Waals surface area (Å²) in [4.78, 5) is 0. The molecule has 0 saturated heterocycles. The standard InChI is InChI=1S/C15H17FN2O/c1-19-15-5-3-2-4-14(15)18-11-10-17-13-8-6-12(16)7-9-13/h2-9,17-18H,10-11H2,1H3. The molecule has 0 aromatic heterocycles. The van der Waals surface area contributed by atoms with E-state index in [0.29, 0.717) is 0 Å². The molecule has 0 bridgehead atoms. The molecular weight excluding hydrogens is 243 g/mol. The molecule has 0 heterocycles. The first-order chi connectivity index (χ1) is 9.29. The Morgan fingerprint density at radius 1 is 0.947 bits per heavy atom. The zero-order valence-corrected chi connectivity index (χ0v) is 10.8. The van der Waals surface area contributed by atoms with Crippen LogP contribution in [-0.4, -0.2) is 20.2 Å². The molecule has 100 valence electrons. The van der Waals surface area contributed by atoms with Gasteiger partial charge in [-0.25, -0.2) is 4.39 Å². The Morgan fingerprint density at radius 2 is 1.63 bits per heavy atom. The number of rotatable bonds is 6. The van der Waals surface area contributed by atoms with Gasteiger partial charge in [0.25, 0.3) is 0 Å². The highest BCUT2D eigenvalue weighted by atomic mass is 19.1. The summed E-state index contributed by atoms with van der Waals surface area (Å²) in [5.74, 6) is 0.599. The predicted molar refractivity (Wildman–Crippen MR) is 76.4 cm³/mol. The van der Waals surface area contributed by atoms with Gasteiger partial charge >= 0.3 is 0 Å². The highest BCUT2D eigenvalue weighted by molar-refractivity contribution is 5.56. The van der Waals surface area contributed by atoms with Gasteiger partial charge in [-0.2, -0.15) is 0 Å². The number of anilines is 2. The van der Waals surface area contributed by atoms with Crippen LogP contribution in [0.2, 0.25) is 0 Å². The molecule has 0 saturated carbocycles. The van der Waals surface area contributed by atoms with Gasteiger partial charge in [-0.15, -0.1) is 0 Å². The quantitative estimate of drug-likeness (QED) is 0.781. The first-order valence-electron chi connectivity index (χ1n) is 6.16. The average Bonchev–Trinajstić information content (AvgIpc) is 2.46. The van der Waals surface area contributed by atoms with Crippen LogP contribution < -0.4 is 15.4 Å². The summed E-state index contributed by atoms with van der Waals surface area (Å²) in [5, 5.41) is 6.49. The molecule has 0 unspecified atom stereocenters. The SMILES string of the molecule is COc1ccccc1NCCNc1ccc(F)cc1. The molecule has 0 amide bonds. The molecule has 0 radical (unpaired) electrons. The Balaban J connectivity index is 1.79. The predicted octanol–water partition coefficient (Wildman–Crippen LogP) is 3.36. The van der Waals surface area contributed by atoms with Crippen molar-refractivity contribution < 1.29 is 9.13 Å². The van der Waals surface area contributed by atoms with Gasteiger partial charge < -0.3 is 15.4 Å². The number of methoxy groups -OCH3 is 1. The van der Waals surface area contributed by atoms with Crippen LogP contribution in [0.1, 0.15) is 0 Å². The summed E-state index contributed by atoms with van der Waals surface area (Å²) >= 11 is 0. The van der Waals surface area contributed by atoms with Crippen LogP contribution in [0.3, 0.4) is 0 Å². The van der Waals surface area contributed by atoms with Crippen LogP contribution in [0.5, 0.6) is 5.75 Å². The topological polar surface area (TPSA) is 33.3 Å². The monoisotopic (exact) mass is 260 g/mol. The molecule has 0 spiro atoms. The van der Waals surface area contributed by atoms with E-state index in [9.17, 15) is 4.39 Å². The number of hydrogen-bond donors (Lipinski definition) is 2. The van der Waals surface area contributed by atoms with E-state index in [0.717, 1.165) is 30.2 Å². The van der Waals surface area contributed by atoms with Crippen LogP contribution in [-0.2, 0) is 0 Å². The third kappa shape index (κ3) is 3.88. The molecular formula is C15H17FN2O. The van der Waals surface area contributed by atoms with Crippen molar-refractivity contribution in [2.75, 3.05) is 30.8 Å². The average molecular weight is 260 g/mol. The molecule has 0 atom stereocenters. The van der Waals surface area contributed by atoms with Gasteiger partial charge in [-0.05, 0) is 36.4 Å². The van der Waals surface area contributed by atoms with Crippen molar-refractivity contribution in [1.29, 1.82) is 0 Å². The van der Waals surface area contributed by atoms with Crippen molar-refractivity contribution >= 4 is 11.4 Å². The molecule has 4 heteroatoms. The maximum Gasteiger partial charge on any atom is 0.141 e. The van der Waals surface area contributed by atoms with Crippen LogP contribution in [0.4, 0.5) is 15.8 Å². The summed E-state index contributed by atoms with van der Waals surface area (Å²) in [6.45, 7) is 1.49. The molecule has 2 N–H and O–H groups in total. The molecule has 0 aliphatic carbocycles. The van der Waals surface area contributed by atoms with E-state index in [1.54, 1.807) is 19.2 Å². The number of hydrogen-bond acceptors (Lipinski definition) is 3. The van der Waals surface area contributed by atoms with Gasteiger partial charge in [0.05, 0.1) is 12.8 Å². The Morgan fingerprint density at radius 3 is 2.37 bits per heavy atom. The van der Waals surface area contributed by atoms with Crippen LogP contribution >= 0.6 is 0 Å². The first-order valence-corrected chi connectivity index (χ1v) is 6.16. The van der Waals surface area contributed by atoms with E-state index in [2.05, 4.69) is 10.6 Å². The highest BCUT2D eigenvalue weighted by Gasteiger charge is 1.99. The normalized spacial score (nSPS) is 10.0. The third-order valence-corrected chi connectivity index (χ3v) is 2.72. The van der Waals surface area contributed by atoms with Gasteiger partial charge in [0.2, 0.25) is 0 Å². The molecule has 2 aromatic rings. The number of para-hydroxylation sites is 2. The van der Waals surface area contributed by atoms with E-state index in [-0.39, 0.29) is 5.82 Å². The minimum atomic E-state index is -0.224. The molecule has 3 nitrogen and oxygen atoms in total. The zero-order valence-electron chi connectivity index (χ0n) is 10.8. The van der Waals surface area contributed by atoms with E-state index in [1.165, 1.54) is 12.1 Å². The molecule has 0 aliphatic heterocycles. The Bertz CT molecular complexity index is 514. The van der Waals surface area contributed by atoms with E-state index in [1.807, 2.05) is 24.3 Å². The third-order valence-electron chi connectivity index (χ3n) is 2.72. The maximum absolute atomic E-state index is 12.7. The summed E-state index contributed by atoms with van der Waals surface area (Å²) in [5.41, 5.74) is 1.87. The lowest BCUT2D eigenvalue weighted by Gasteiger charge is -2.11. The summed E-state index contributed by atoms with van der Waals surface area (Å²) in [6.07, 6.45) is 0.